The molecule has 1 fully saturated rings. The Morgan fingerprint density at radius 2 is 1.73 bits per heavy atom. The second-order valence-corrected chi connectivity index (χ2v) is 8.45. The maximum absolute atomic E-state index is 12.4. The van der Waals surface area contributed by atoms with Gasteiger partial charge in [-0.1, -0.05) is 19.1 Å². The maximum atomic E-state index is 12.4. The summed E-state index contributed by atoms with van der Waals surface area (Å²) in [6.07, 6.45) is 3.97. The van der Waals surface area contributed by atoms with Gasteiger partial charge in [-0.15, -0.1) is 5.10 Å². The largest absolute Gasteiger partial charge is 0.467 e. The third-order valence-electron chi connectivity index (χ3n) is 5.33. The van der Waals surface area contributed by atoms with Crippen LogP contribution in [0.2, 0.25) is 0 Å². The van der Waals surface area contributed by atoms with Gasteiger partial charge in [-0.05, 0) is 44.9 Å². The van der Waals surface area contributed by atoms with Crippen molar-refractivity contribution in [1.29, 1.82) is 0 Å². The van der Waals surface area contributed by atoms with Gasteiger partial charge in [0.1, 0.15) is 12.6 Å². The molecule has 12 heteroatoms. The van der Waals surface area contributed by atoms with Crippen molar-refractivity contribution in [1.82, 2.24) is 41.2 Å². The first kappa shape index (κ1) is 29.6. The zero-order valence-electron chi connectivity index (χ0n) is 20.4. The fraction of sp³-hybridized carbons (Fsp3) is 0.810. The fourth-order valence-corrected chi connectivity index (χ4v) is 3.53. The normalized spacial score (nSPS) is 18.1. The Hall–Kier alpha value is -1.46. The number of ether oxygens (including phenoxy) is 1. The fourth-order valence-electron chi connectivity index (χ4n) is 3.53. The van der Waals surface area contributed by atoms with E-state index in [-0.39, 0.29) is 37.8 Å². The van der Waals surface area contributed by atoms with Crippen LogP contribution in [0.4, 0.5) is 0 Å². The predicted molar refractivity (Wildman–Crippen MR) is 122 cm³/mol. The molecule has 4 N–H and O–H groups in total. The molecule has 2 heterocycles. The van der Waals surface area contributed by atoms with E-state index in [2.05, 4.69) is 36.5 Å². The summed E-state index contributed by atoms with van der Waals surface area (Å²) in [6, 6.07) is -0.678. The van der Waals surface area contributed by atoms with Crippen LogP contribution in [-0.2, 0) is 46.9 Å². The van der Waals surface area contributed by atoms with Crippen molar-refractivity contribution in [2.24, 2.45) is 5.92 Å². The summed E-state index contributed by atoms with van der Waals surface area (Å²) in [5.74, 6) is -0.818. The van der Waals surface area contributed by atoms with Crippen molar-refractivity contribution < 1.29 is 33.8 Å². The molecule has 1 aromatic rings. The van der Waals surface area contributed by atoms with E-state index in [0.717, 1.165) is 70.9 Å². The van der Waals surface area contributed by atoms with E-state index in [1.807, 2.05) is 13.8 Å². The smallest absolute Gasteiger partial charge is 0.328 e. The van der Waals surface area contributed by atoms with Gasteiger partial charge in [-0.3, -0.25) is 9.69 Å². The third kappa shape index (κ3) is 12.0. The molecule has 0 radical (unpaired) electrons. The van der Waals surface area contributed by atoms with Gasteiger partial charge in [0.25, 0.3) is 0 Å². The molecule has 1 aliphatic rings. The summed E-state index contributed by atoms with van der Waals surface area (Å²) in [5.41, 5.74) is 0.824. The van der Waals surface area contributed by atoms with Crippen molar-refractivity contribution in [2.75, 3.05) is 59.5 Å². The number of carbonyl (C=O) groups excluding carboxylic acids is 2. The summed E-state index contributed by atoms with van der Waals surface area (Å²) < 4.78 is 6.28. The quantitative estimate of drug-likeness (QED) is 0.265. The number of amides is 1. The van der Waals surface area contributed by atoms with Crippen LogP contribution in [0.1, 0.15) is 32.4 Å². The average molecular weight is 518 g/mol. The van der Waals surface area contributed by atoms with E-state index >= 15 is 0 Å². The minimum atomic E-state index is -0.678. The molecule has 2 rings (SSSR count). The van der Waals surface area contributed by atoms with Gasteiger partial charge < -0.3 is 26.0 Å². The van der Waals surface area contributed by atoms with Crippen LogP contribution in [0.5, 0.6) is 0 Å². The number of esters is 1. The van der Waals surface area contributed by atoms with Crippen molar-refractivity contribution >= 4 is 11.9 Å². The van der Waals surface area contributed by atoms with E-state index < -0.39 is 12.0 Å². The molecule has 1 saturated heterocycles. The number of aromatic nitrogens is 3. The number of hydrogen-bond donors (Lipinski definition) is 4. The molecular formula is C21H40N8O3Zn. The van der Waals surface area contributed by atoms with E-state index in [9.17, 15) is 9.59 Å². The number of nitrogens with one attached hydrogen (secondary N) is 4. The van der Waals surface area contributed by atoms with E-state index in [4.69, 9.17) is 4.74 Å². The van der Waals surface area contributed by atoms with Crippen LogP contribution in [0.15, 0.2) is 6.20 Å². The SMILES string of the molecule is COC(=O)[C@@H](NC(=O)Cn1cc(CN2CCCNCCNCCCNCC2)nn1)C(C)C.[Zn]. The van der Waals surface area contributed by atoms with Gasteiger partial charge in [0.15, 0.2) is 0 Å². The van der Waals surface area contributed by atoms with Gasteiger partial charge in [0.05, 0.1) is 19.0 Å². The number of carbonyl (C=O) groups is 2. The first-order chi connectivity index (χ1) is 15.5. The summed E-state index contributed by atoms with van der Waals surface area (Å²) in [5, 5.41) is 21.5. The van der Waals surface area contributed by atoms with Gasteiger partial charge in [0.2, 0.25) is 5.91 Å². The molecule has 1 aromatic heterocycles. The van der Waals surface area contributed by atoms with Gasteiger partial charge in [0, 0.05) is 52.2 Å². The van der Waals surface area contributed by atoms with E-state index in [1.54, 1.807) is 6.20 Å². The minimum Gasteiger partial charge on any atom is -0.467 e. The number of hydrogen-bond acceptors (Lipinski definition) is 9. The summed E-state index contributed by atoms with van der Waals surface area (Å²) in [4.78, 5) is 26.6. The van der Waals surface area contributed by atoms with Crippen LogP contribution in [0, 0.1) is 5.92 Å². The number of rotatable bonds is 7. The minimum absolute atomic E-state index is 0. The topological polar surface area (TPSA) is 125 Å². The van der Waals surface area contributed by atoms with Crippen molar-refractivity contribution in [3.63, 3.8) is 0 Å². The molecule has 184 valence electrons. The Kier molecular flexibility index (Phi) is 15.3. The molecule has 33 heavy (non-hydrogen) atoms. The second kappa shape index (κ2) is 17.0. The zero-order valence-corrected chi connectivity index (χ0v) is 23.4. The Morgan fingerprint density at radius 3 is 2.39 bits per heavy atom. The van der Waals surface area contributed by atoms with Crippen molar-refractivity contribution in [3.8, 4) is 0 Å². The maximum Gasteiger partial charge on any atom is 0.328 e. The Balaban J connectivity index is 0.00000544. The Morgan fingerprint density at radius 1 is 1.06 bits per heavy atom. The molecule has 0 unspecified atom stereocenters. The molecule has 0 saturated carbocycles. The van der Waals surface area contributed by atoms with Gasteiger partial charge >= 0.3 is 5.97 Å². The summed E-state index contributed by atoms with van der Waals surface area (Å²) >= 11 is 0. The zero-order chi connectivity index (χ0) is 23.2. The first-order valence-electron chi connectivity index (χ1n) is 11.6. The van der Waals surface area contributed by atoms with E-state index in [0.29, 0.717) is 6.54 Å². The van der Waals surface area contributed by atoms with E-state index in [1.165, 1.54) is 11.8 Å². The van der Waals surface area contributed by atoms with Crippen LogP contribution < -0.4 is 21.3 Å². The Bertz CT molecular complexity index is 674. The van der Waals surface area contributed by atoms with Crippen LogP contribution in [-0.4, -0.2) is 97.3 Å². The van der Waals surface area contributed by atoms with Crippen LogP contribution in [0.25, 0.3) is 0 Å². The van der Waals surface area contributed by atoms with Gasteiger partial charge in [-0.2, -0.15) is 0 Å². The molecular weight excluding hydrogens is 478 g/mol. The van der Waals surface area contributed by atoms with Gasteiger partial charge in [-0.25, -0.2) is 9.48 Å². The summed E-state index contributed by atoms with van der Waals surface area (Å²) in [7, 11) is 1.32. The third-order valence-corrected chi connectivity index (χ3v) is 5.33. The molecule has 1 atom stereocenters. The molecule has 11 nitrogen and oxygen atoms in total. The van der Waals surface area contributed by atoms with Crippen molar-refractivity contribution in [2.45, 2.75) is 45.8 Å². The van der Waals surface area contributed by atoms with Crippen molar-refractivity contribution in [3.05, 3.63) is 11.9 Å². The molecule has 1 amide bonds. The molecule has 0 aromatic carbocycles. The standard InChI is InChI=1S/C21H40N8O3.Zn/c1-17(2)20(21(31)32-3)25-19(30)16-29-15-18(26-27-29)14-28-12-5-8-23-10-9-22-6-4-7-24-11-13-28;/h15,17,20,22-24H,4-14,16H2,1-3H3,(H,25,30);/t20-;/m0./s1. The number of nitrogens with zero attached hydrogens (tertiary/aromatic N) is 4. The molecule has 0 bridgehead atoms. The molecule has 1 aliphatic heterocycles. The van der Waals surface area contributed by atoms with Crippen LogP contribution >= 0.6 is 0 Å². The predicted octanol–water partition coefficient (Wildman–Crippen LogP) is -1.05. The molecule has 0 spiro atoms. The van der Waals surface area contributed by atoms with Crippen LogP contribution in [0.3, 0.4) is 0 Å². The molecule has 0 aliphatic carbocycles. The second-order valence-electron chi connectivity index (χ2n) is 8.45. The summed E-state index contributed by atoms with van der Waals surface area (Å²) in [6.45, 7) is 12.2. The first-order valence-corrected chi connectivity index (χ1v) is 11.6. The Labute approximate surface area is 209 Å². The average Bonchev–Trinajstić information content (AvgIpc) is 3.20. The monoisotopic (exact) mass is 516 g/mol. The number of methoxy groups -OCH3 is 1.